The number of nitrogens with one attached hydrogen (secondary N) is 2. The van der Waals surface area contributed by atoms with E-state index in [1.54, 1.807) is 11.8 Å². The van der Waals surface area contributed by atoms with Gasteiger partial charge in [-0.15, -0.1) is 11.8 Å². The number of hydrogen-bond donors (Lipinski definition) is 2. The van der Waals surface area contributed by atoms with E-state index in [4.69, 9.17) is 0 Å². The van der Waals surface area contributed by atoms with Crippen LogP contribution in [0.3, 0.4) is 0 Å². The molecule has 0 saturated carbocycles. The van der Waals surface area contributed by atoms with Crippen molar-refractivity contribution in [3.8, 4) is 0 Å². The highest BCUT2D eigenvalue weighted by molar-refractivity contribution is 7.98. The normalized spacial score (nSPS) is 9.73. The summed E-state index contributed by atoms with van der Waals surface area (Å²) in [5.41, 5.74) is 3.24. The molecule has 0 aliphatic heterocycles. The average Bonchev–Trinajstić information content (AvgIpc) is 2.27. The molecule has 2 N–H and O–H groups in total. The topological polar surface area (TPSA) is 50.4 Å². The van der Waals surface area contributed by atoms with E-state index in [2.05, 4.69) is 15.6 Å². The highest BCUT2D eigenvalue weighted by atomic mass is 32.2. The molecular formula is C10H14N2O2S. The fraction of sp³-hybridized carbons (Fsp3) is 0.300. The summed E-state index contributed by atoms with van der Waals surface area (Å²) in [6, 6.07) is 7.68. The smallest absolute Gasteiger partial charge is 0.332 e. The van der Waals surface area contributed by atoms with Crippen LogP contribution in [0.25, 0.3) is 0 Å². The van der Waals surface area contributed by atoms with Crippen molar-refractivity contribution in [2.24, 2.45) is 0 Å². The molecule has 82 valence electrons. The molecule has 0 unspecified atom stereocenters. The van der Waals surface area contributed by atoms with E-state index in [1.807, 2.05) is 30.5 Å². The molecule has 0 fully saturated rings. The monoisotopic (exact) mass is 226 g/mol. The van der Waals surface area contributed by atoms with Crippen LogP contribution >= 0.6 is 11.8 Å². The molecule has 1 aromatic carbocycles. The molecule has 2 amide bonds. The van der Waals surface area contributed by atoms with Crippen LogP contribution in [0.4, 0.5) is 4.79 Å². The lowest BCUT2D eigenvalue weighted by atomic mass is 10.2. The maximum Gasteiger partial charge on any atom is 0.338 e. The van der Waals surface area contributed by atoms with Crippen LogP contribution in [-0.4, -0.2) is 19.4 Å². The van der Waals surface area contributed by atoms with E-state index in [0.29, 0.717) is 6.54 Å². The molecule has 0 atom stereocenters. The number of benzene rings is 1. The van der Waals surface area contributed by atoms with Gasteiger partial charge in [-0.25, -0.2) is 10.3 Å². The predicted octanol–water partition coefficient (Wildman–Crippen LogP) is 1.77. The number of hydrogen-bond acceptors (Lipinski definition) is 3. The molecule has 0 saturated heterocycles. The molecule has 5 heteroatoms. The second-order valence-electron chi connectivity index (χ2n) is 2.84. The van der Waals surface area contributed by atoms with Crippen LogP contribution < -0.4 is 10.8 Å². The Morgan fingerprint density at radius 3 is 2.60 bits per heavy atom. The number of amides is 2. The van der Waals surface area contributed by atoms with Crippen molar-refractivity contribution in [1.82, 2.24) is 10.8 Å². The van der Waals surface area contributed by atoms with Gasteiger partial charge in [0.1, 0.15) is 0 Å². The van der Waals surface area contributed by atoms with Crippen molar-refractivity contribution in [3.63, 3.8) is 0 Å². The zero-order valence-corrected chi connectivity index (χ0v) is 9.56. The second-order valence-corrected chi connectivity index (χ2v) is 3.72. The summed E-state index contributed by atoms with van der Waals surface area (Å²) in [7, 11) is 1.40. The predicted molar refractivity (Wildman–Crippen MR) is 60.6 cm³/mol. The Labute approximate surface area is 93.3 Å². The van der Waals surface area contributed by atoms with E-state index in [-0.39, 0.29) is 6.03 Å². The van der Waals surface area contributed by atoms with Gasteiger partial charge in [-0.2, -0.15) is 0 Å². The fourth-order valence-electron chi connectivity index (χ4n) is 1.05. The minimum atomic E-state index is -0.341. The van der Waals surface area contributed by atoms with Crippen molar-refractivity contribution < 1.29 is 9.63 Å². The molecule has 1 aromatic rings. The maximum absolute atomic E-state index is 11.0. The SMILES string of the molecule is CONC(=O)NCc1ccc(SC)cc1. The largest absolute Gasteiger partial charge is 0.338 e. The molecule has 1 rings (SSSR count). The summed E-state index contributed by atoms with van der Waals surface area (Å²) in [6.45, 7) is 0.490. The summed E-state index contributed by atoms with van der Waals surface area (Å²) < 4.78 is 0. The third-order valence-electron chi connectivity index (χ3n) is 1.81. The van der Waals surface area contributed by atoms with Gasteiger partial charge in [0.25, 0.3) is 0 Å². The highest BCUT2D eigenvalue weighted by Gasteiger charge is 1.98. The van der Waals surface area contributed by atoms with Gasteiger partial charge in [-0.3, -0.25) is 4.84 Å². The van der Waals surface area contributed by atoms with Crippen molar-refractivity contribution in [1.29, 1.82) is 0 Å². The Morgan fingerprint density at radius 1 is 1.40 bits per heavy atom. The molecular weight excluding hydrogens is 212 g/mol. The van der Waals surface area contributed by atoms with Gasteiger partial charge in [-0.05, 0) is 24.0 Å². The van der Waals surface area contributed by atoms with Crippen LogP contribution in [-0.2, 0) is 11.4 Å². The molecule has 0 radical (unpaired) electrons. The Morgan fingerprint density at radius 2 is 2.07 bits per heavy atom. The first-order valence-corrected chi connectivity index (χ1v) is 5.68. The molecule has 0 bridgehead atoms. The molecule has 0 spiro atoms. The third kappa shape index (κ3) is 4.22. The molecule has 4 nitrogen and oxygen atoms in total. The number of urea groups is 1. The summed E-state index contributed by atoms with van der Waals surface area (Å²) in [5.74, 6) is 0. The first-order chi connectivity index (χ1) is 7.26. The lowest BCUT2D eigenvalue weighted by Gasteiger charge is -2.05. The zero-order chi connectivity index (χ0) is 11.1. The van der Waals surface area contributed by atoms with Crippen molar-refractivity contribution in [2.45, 2.75) is 11.4 Å². The van der Waals surface area contributed by atoms with Gasteiger partial charge >= 0.3 is 6.03 Å². The number of carbonyl (C=O) groups excluding carboxylic acids is 1. The Hall–Kier alpha value is -1.20. The average molecular weight is 226 g/mol. The third-order valence-corrected chi connectivity index (χ3v) is 2.55. The molecule has 15 heavy (non-hydrogen) atoms. The first-order valence-electron chi connectivity index (χ1n) is 4.46. The van der Waals surface area contributed by atoms with Gasteiger partial charge in [0, 0.05) is 11.4 Å². The Bertz CT molecular complexity index is 314. The van der Waals surface area contributed by atoms with Crippen molar-refractivity contribution in [2.75, 3.05) is 13.4 Å². The van der Waals surface area contributed by atoms with Gasteiger partial charge in [-0.1, -0.05) is 12.1 Å². The minimum absolute atomic E-state index is 0.341. The van der Waals surface area contributed by atoms with Crippen LogP contribution in [0.2, 0.25) is 0 Å². The lowest BCUT2D eigenvalue weighted by molar-refractivity contribution is 0.107. The van der Waals surface area contributed by atoms with E-state index in [0.717, 1.165) is 5.56 Å². The van der Waals surface area contributed by atoms with E-state index in [9.17, 15) is 4.79 Å². The Balaban J connectivity index is 2.40. The number of hydroxylamine groups is 1. The summed E-state index contributed by atoms with van der Waals surface area (Å²) in [5, 5.41) is 2.66. The number of rotatable bonds is 4. The molecule has 0 heterocycles. The van der Waals surface area contributed by atoms with Gasteiger partial charge in [0.2, 0.25) is 0 Å². The van der Waals surface area contributed by atoms with Crippen LogP contribution in [0, 0.1) is 0 Å². The summed E-state index contributed by atoms with van der Waals surface area (Å²) in [6.07, 6.45) is 2.03. The van der Waals surface area contributed by atoms with E-state index >= 15 is 0 Å². The van der Waals surface area contributed by atoms with Gasteiger partial charge in [0.05, 0.1) is 7.11 Å². The van der Waals surface area contributed by atoms with E-state index in [1.165, 1.54) is 12.0 Å². The van der Waals surface area contributed by atoms with Crippen molar-refractivity contribution >= 4 is 17.8 Å². The lowest BCUT2D eigenvalue weighted by Crippen LogP contribution is -2.34. The Kier molecular flexibility index (Phi) is 5.00. The summed E-state index contributed by atoms with van der Waals surface area (Å²) >= 11 is 1.69. The molecule has 0 aromatic heterocycles. The summed E-state index contributed by atoms with van der Waals surface area (Å²) in [4.78, 5) is 16.7. The minimum Gasteiger partial charge on any atom is -0.332 e. The fourth-order valence-corrected chi connectivity index (χ4v) is 1.46. The van der Waals surface area contributed by atoms with Gasteiger partial charge < -0.3 is 5.32 Å². The highest BCUT2D eigenvalue weighted by Crippen LogP contribution is 2.14. The number of carbonyl (C=O) groups is 1. The van der Waals surface area contributed by atoms with Crippen LogP contribution in [0.5, 0.6) is 0 Å². The number of thioether (sulfide) groups is 1. The first kappa shape index (κ1) is 11.9. The second kappa shape index (κ2) is 6.31. The zero-order valence-electron chi connectivity index (χ0n) is 8.74. The van der Waals surface area contributed by atoms with Crippen LogP contribution in [0.15, 0.2) is 29.2 Å². The quantitative estimate of drug-likeness (QED) is 0.607. The maximum atomic E-state index is 11.0. The van der Waals surface area contributed by atoms with Gasteiger partial charge in [0.15, 0.2) is 0 Å². The van der Waals surface area contributed by atoms with Crippen molar-refractivity contribution in [3.05, 3.63) is 29.8 Å². The molecule has 0 aliphatic rings. The molecule has 0 aliphatic carbocycles. The standard InChI is InChI=1S/C10H14N2O2S/c1-14-12-10(13)11-7-8-3-5-9(15-2)6-4-8/h3-6H,7H2,1-2H3,(H2,11,12,13). The van der Waals surface area contributed by atoms with Crippen LogP contribution in [0.1, 0.15) is 5.56 Å². The van der Waals surface area contributed by atoms with E-state index < -0.39 is 0 Å².